The van der Waals surface area contributed by atoms with Crippen LogP contribution in [0.2, 0.25) is 84.6 Å². The van der Waals surface area contributed by atoms with Gasteiger partial charge in [-0.15, -0.1) is 0 Å². The topological polar surface area (TPSA) is 64.6 Å². The molecule has 0 aliphatic carbocycles. The molecule has 0 aromatic rings. The molecule has 252 valence electrons. The fourth-order valence-electron chi connectivity index (χ4n) is 6.29. The van der Waals surface area contributed by atoms with Crippen LogP contribution in [0.5, 0.6) is 0 Å². The van der Waals surface area contributed by atoms with E-state index in [4.69, 9.17) is 28.8 Å². The number of hydrogen-bond acceptors (Lipinski definition) is 7. The Kier molecular flexibility index (Phi) is 17.1. The molecule has 0 spiro atoms. The van der Waals surface area contributed by atoms with Gasteiger partial charge in [-0.1, -0.05) is 96.9 Å². The molecule has 0 saturated carbocycles. The fourth-order valence-corrected chi connectivity index (χ4v) is 48.7. The first-order chi connectivity index (χ1) is 19.8. The number of rotatable bonds is 14. The van der Waals surface area contributed by atoms with Crippen molar-refractivity contribution in [1.29, 1.82) is 0 Å². The van der Waals surface area contributed by atoms with Crippen molar-refractivity contribution in [3.63, 3.8) is 0 Å². The molecule has 1 fully saturated rings. The summed E-state index contributed by atoms with van der Waals surface area (Å²) in [5.74, 6) is 0. The first-order valence-corrected chi connectivity index (χ1v) is 33.3. The molecule has 1 aliphatic rings. The van der Waals surface area contributed by atoms with Gasteiger partial charge in [0.05, 0.1) is 0 Å². The van der Waals surface area contributed by atoms with E-state index in [0.29, 0.717) is 0 Å². The van der Waals surface area contributed by atoms with Crippen molar-refractivity contribution in [2.24, 2.45) is 0 Å². The van der Waals surface area contributed by atoms with Crippen LogP contribution in [0.1, 0.15) is 96.9 Å². The second kappa shape index (κ2) is 17.4. The minimum absolute atomic E-state index is 0.898. The Morgan fingerprint density at radius 3 is 0.310 bits per heavy atom. The Morgan fingerprint density at radius 1 is 0.190 bits per heavy atom. The Labute approximate surface area is 269 Å². The smallest absolute Gasteiger partial charge is 0.320 e. The molecule has 0 unspecified atom stereocenters. The van der Waals surface area contributed by atoms with Crippen LogP contribution in [-0.2, 0) is 28.8 Å². The lowest BCUT2D eigenvalue weighted by molar-refractivity contribution is 0.213. The highest BCUT2D eigenvalue weighted by atomic mass is 28.5. The molecule has 0 aromatic carbocycles. The second-order valence-electron chi connectivity index (χ2n) is 12.0. The summed E-state index contributed by atoms with van der Waals surface area (Å²) in [6, 6.07) is 12.6. The lowest BCUT2D eigenvalue weighted by Crippen LogP contribution is -2.69. The fraction of sp³-hybridized carbons (Fsp3) is 1.00. The quantitative estimate of drug-likeness (QED) is 0.166. The maximum Gasteiger partial charge on any atom is 0.320 e. The van der Waals surface area contributed by atoms with Gasteiger partial charge in [0.2, 0.25) is 0 Å². The van der Waals surface area contributed by atoms with E-state index in [1.54, 1.807) is 0 Å². The van der Waals surface area contributed by atoms with Crippen molar-refractivity contribution in [2.45, 2.75) is 182 Å². The van der Waals surface area contributed by atoms with E-state index in [1.807, 2.05) is 0 Å². The molecule has 0 bridgehead atoms. The highest BCUT2D eigenvalue weighted by Crippen LogP contribution is 2.43. The highest BCUT2D eigenvalue weighted by Gasteiger charge is 2.60. The summed E-state index contributed by atoms with van der Waals surface area (Å²) < 4.78 is 52.8. The van der Waals surface area contributed by atoms with Gasteiger partial charge in [0.25, 0.3) is 0 Å². The summed E-state index contributed by atoms with van der Waals surface area (Å²) in [7, 11) is -18.7. The minimum atomic E-state index is -2.67. The molecule has 0 amide bonds. The molecule has 14 heteroatoms. The zero-order valence-corrected chi connectivity index (χ0v) is 37.3. The third-order valence-corrected chi connectivity index (χ3v) is 46.1. The van der Waals surface area contributed by atoms with Crippen LogP contribution >= 0.6 is 0 Å². The summed E-state index contributed by atoms with van der Waals surface area (Å²) in [4.78, 5) is 0. The monoisotopic (exact) mass is 714 g/mol. The van der Waals surface area contributed by atoms with Crippen molar-refractivity contribution in [3.05, 3.63) is 0 Å². The lowest BCUT2D eigenvalue weighted by Gasteiger charge is -2.52. The summed E-state index contributed by atoms with van der Waals surface area (Å²) in [5, 5.41) is 0. The van der Waals surface area contributed by atoms with Crippen molar-refractivity contribution in [1.82, 2.24) is 0 Å². The molecule has 1 heterocycles. The molecule has 7 nitrogen and oxygen atoms in total. The van der Waals surface area contributed by atoms with Gasteiger partial charge < -0.3 is 28.8 Å². The molecule has 0 atom stereocenters. The van der Waals surface area contributed by atoms with Crippen LogP contribution in [-0.4, -0.2) is 59.9 Å². The average molecular weight is 715 g/mol. The summed E-state index contributed by atoms with van der Waals surface area (Å²) in [6.07, 6.45) is 0. The molecular weight excluding hydrogens is 645 g/mol. The average Bonchev–Trinajstić information content (AvgIpc) is 3.05. The molecule has 1 rings (SSSR count). The summed E-state index contributed by atoms with van der Waals surface area (Å²) in [5.41, 5.74) is 0. The molecular formula is C28H70O7Si7. The SMILES string of the molecule is CC[Si]1(CC)O[Si](CC)(CC)O[Si](CC)(CC)O[Si](CC)(CC)O[Si](CC)(CC)O[Si](CC)(CC)O[Si](CC)(CC)O1. The van der Waals surface area contributed by atoms with Crippen LogP contribution in [0, 0.1) is 0 Å². The van der Waals surface area contributed by atoms with Crippen LogP contribution in [0.15, 0.2) is 0 Å². The molecule has 0 N–H and O–H groups in total. The van der Waals surface area contributed by atoms with Gasteiger partial charge >= 0.3 is 59.9 Å². The highest BCUT2D eigenvalue weighted by molar-refractivity contribution is 6.95. The van der Waals surface area contributed by atoms with Gasteiger partial charge in [-0.25, -0.2) is 0 Å². The lowest BCUT2D eigenvalue weighted by atomic mass is 10.9. The Balaban J connectivity index is 4.19. The van der Waals surface area contributed by atoms with Crippen LogP contribution < -0.4 is 0 Å². The van der Waals surface area contributed by atoms with E-state index < -0.39 is 59.9 Å². The van der Waals surface area contributed by atoms with Gasteiger partial charge in [-0.05, 0) is 84.6 Å². The normalized spacial score (nSPS) is 25.0. The van der Waals surface area contributed by atoms with Crippen LogP contribution in [0.4, 0.5) is 0 Å². The Morgan fingerprint density at radius 2 is 0.262 bits per heavy atom. The molecule has 0 aromatic heterocycles. The minimum Gasteiger partial charge on any atom is -0.415 e. The summed E-state index contributed by atoms with van der Waals surface area (Å²) >= 11 is 0. The van der Waals surface area contributed by atoms with Gasteiger partial charge in [-0.3, -0.25) is 0 Å². The first kappa shape index (κ1) is 41.3. The van der Waals surface area contributed by atoms with E-state index in [9.17, 15) is 0 Å². The van der Waals surface area contributed by atoms with Crippen molar-refractivity contribution >= 4 is 59.9 Å². The van der Waals surface area contributed by atoms with Crippen molar-refractivity contribution in [3.8, 4) is 0 Å². The van der Waals surface area contributed by atoms with E-state index in [0.717, 1.165) is 84.6 Å². The van der Waals surface area contributed by atoms with Crippen LogP contribution in [0.3, 0.4) is 0 Å². The zero-order valence-electron chi connectivity index (χ0n) is 30.3. The van der Waals surface area contributed by atoms with Crippen molar-refractivity contribution in [2.75, 3.05) is 0 Å². The molecule has 0 radical (unpaired) electrons. The Hall–Kier alpha value is 1.24. The van der Waals surface area contributed by atoms with Crippen LogP contribution in [0.25, 0.3) is 0 Å². The second-order valence-corrected chi connectivity index (χ2v) is 40.4. The third-order valence-electron chi connectivity index (χ3n) is 10.1. The largest absolute Gasteiger partial charge is 0.415 e. The van der Waals surface area contributed by atoms with E-state index in [2.05, 4.69) is 96.9 Å². The molecule has 42 heavy (non-hydrogen) atoms. The van der Waals surface area contributed by atoms with Crippen molar-refractivity contribution < 1.29 is 28.8 Å². The maximum atomic E-state index is 7.54. The predicted molar refractivity (Wildman–Crippen MR) is 195 cm³/mol. The summed E-state index contributed by atoms with van der Waals surface area (Å²) in [6.45, 7) is 31.7. The van der Waals surface area contributed by atoms with Gasteiger partial charge in [-0.2, -0.15) is 0 Å². The number of hydrogen-bond donors (Lipinski definition) is 0. The third kappa shape index (κ3) is 9.19. The van der Waals surface area contributed by atoms with E-state index in [1.165, 1.54) is 0 Å². The standard InChI is InChI=1S/C28H70O7Si7/c1-15-36(16-2)29-37(17-3,18-4)31-39(21-7,22-8)33-41(25-11,26-12)35-42(27-13,28-14)34-40(23-9,24-10)32-38(19-5,20-6)30-36/h15-28H2,1-14H3. The zero-order chi connectivity index (χ0) is 32.3. The first-order valence-electron chi connectivity index (χ1n) is 17.7. The van der Waals surface area contributed by atoms with Gasteiger partial charge in [0, 0.05) is 0 Å². The molecule has 1 saturated heterocycles. The van der Waals surface area contributed by atoms with Gasteiger partial charge in [0.15, 0.2) is 0 Å². The van der Waals surface area contributed by atoms with E-state index >= 15 is 0 Å². The van der Waals surface area contributed by atoms with E-state index in [-0.39, 0.29) is 0 Å². The maximum absolute atomic E-state index is 7.54. The predicted octanol–water partition coefficient (Wildman–Crippen LogP) is 10.5. The Bertz CT molecular complexity index is 559. The van der Waals surface area contributed by atoms with Gasteiger partial charge in [0.1, 0.15) is 0 Å². The molecule has 1 aliphatic heterocycles.